The molecule has 0 spiro atoms. The van der Waals surface area contributed by atoms with Crippen LogP contribution in [0.3, 0.4) is 0 Å². The van der Waals surface area contributed by atoms with E-state index in [-0.39, 0.29) is 17.9 Å². The molecule has 0 aliphatic heterocycles. The number of hydrogen-bond donors (Lipinski definition) is 1. The lowest BCUT2D eigenvalue weighted by atomic mass is 10.0. The van der Waals surface area contributed by atoms with E-state index in [1.807, 2.05) is 83.1 Å². The molecule has 1 N–H and O–H groups in total. The number of benzene rings is 2. The molecule has 2 aromatic rings. The molecule has 2 aromatic carbocycles. The van der Waals surface area contributed by atoms with Crippen molar-refractivity contribution in [2.24, 2.45) is 0 Å². The Morgan fingerprint density at radius 1 is 0.929 bits per heavy atom. The average Bonchev–Trinajstić information content (AvgIpc) is 2.64. The van der Waals surface area contributed by atoms with Crippen molar-refractivity contribution in [3.63, 3.8) is 0 Å². The van der Waals surface area contributed by atoms with Gasteiger partial charge in [-0.3, -0.25) is 9.59 Å². The second-order valence-electron chi connectivity index (χ2n) is 7.64. The Morgan fingerprint density at radius 3 is 1.96 bits per heavy atom. The zero-order valence-corrected chi connectivity index (χ0v) is 17.7. The molecule has 0 aliphatic carbocycles. The van der Waals surface area contributed by atoms with Gasteiger partial charge in [0, 0.05) is 12.6 Å². The maximum atomic E-state index is 13.3. The van der Waals surface area contributed by atoms with Crippen molar-refractivity contribution in [1.29, 1.82) is 0 Å². The van der Waals surface area contributed by atoms with E-state index in [1.165, 1.54) is 0 Å². The molecule has 0 fully saturated rings. The van der Waals surface area contributed by atoms with Crippen LogP contribution in [0.15, 0.2) is 48.5 Å². The second kappa shape index (κ2) is 10.1. The third kappa shape index (κ3) is 5.69. The summed E-state index contributed by atoms with van der Waals surface area (Å²) < 4.78 is 0. The molecular formula is C24H32N2O2. The Bertz CT molecular complexity index is 814. The molecule has 2 amide bonds. The summed E-state index contributed by atoms with van der Waals surface area (Å²) in [6.07, 6.45) is 0.869. The lowest BCUT2D eigenvalue weighted by molar-refractivity contribution is -0.141. The molecule has 0 saturated heterocycles. The molecule has 0 aromatic heterocycles. The van der Waals surface area contributed by atoms with Crippen molar-refractivity contribution in [3.8, 4) is 0 Å². The molecular weight excluding hydrogens is 348 g/mol. The number of carbonyl (C=O) groups excluding carboxylic acids is 2. The van der Waals surface area contributed by atoms with Gasteiger partial charge < -0.3 is 10.2 Å². The summed E-state index contributed by atoms with van der Waals surface area (Å²) >= 11 is 0. The van der Waals surface area contributed by atoms with E-state index in [1.54, 1.807) is 4.90 Å². The first-order valence-electron chi connectivity index (χ1n) is 10.0. The van der Waals surface area contributed by atoms with Gasteiger partial charge in [0.25, 0.3) is 0 Å². The molecule has 1 unspecified atom stereocenters. The van der Waals surface area contributed by atoms with Gasteiger partial charge in [-0.2, -0.15) is 0 Å². The van der Waals surface area contributed by atoms with Crippen molar-refractivity contribution < 1.29 is 9.59 Å². The molecule has 0 radical (unpaired) electrons. The van der Waals surface area contributed by atoms with E-state index in [9.17, 15) is 9.59 Å². The predicted molar refractivity (Wildman–Crippen MR) is 114 cm³/mol. The Hall–Kier alpha value is -2.62. The highest BCUT2D eigenvalue weighted by atomic mass is 16.2. The lowest BCUT2D eigenvalue weighted by Gasteiger charge is -2.32. The fourth-order valence-electron chi connectivity index (χ4n) is 3.34. The third-order valence-electron chi connectivity index (χ3n) is 5.02. The molecule has 2 rings (SSSR count). The van der Waals surface area contributed by atoms with Crippen LogP contribution >= 0.6 is 0 Å². The first kappa shape index (κ1) is 21.7. The lowest BCUT2D eigenvalue weighted by Crippen LogP contribution is -2.50. The Labute approximate surface area is 169 Å². The molecule has 4 heteroatoms. The number of nitrogens with zero attached hydrogens (tertiary/aromatic N) is 1. The maximum Gasteiger partial charge on any atom is 0.243 e. The molecule has 150 valence electrons. The van der Waals surface area contributed by atoms with Gasteiger partial charge in [0.15, 0.2) is 0 Å². The third-order valence-corrected chi connectivity index (χ3v) is 5.02. The van der Waals surface area contributed by atoms with Gasteiger partial charge in [-0.1, -0.05) is 55.5 Å². The number of carbonyl (C=O) groups is 2. The van der Waals surface area contributed by atoms with Crippen LogP contribution in [0.5, 0.6) is 0 Å². The summed E-state index contributed by atoms with van der Waals surface area (Å²) in [6.45, 7) is 10.3. The quantitative estimate of drug-likeness (QED) is 0.747. The van der Waals surface area contributed by atoms with Crippen molar-refractivity contribution in [1.82, 2.24) is 10.2 Å². The van der Waals surface area contributed by atoms with E-state index in [2.05, 4.69) is 5.32 Å². The van der Waals surface area contributed by atoms with Crippen molar-refractivity contribution in [2.75, 3.05) is 0 Å². The van der Waals surface area contributed by atoms with Gasteiger partial charge in [-0.05, 0) is 56.4 Å². The van der Waals surface area contributed by atoms with Crippen molar-refractivity contribution >= 4 is 11.8 Å². The highest BCUT2D eigenvalue weighted by molar-refractivity contribution is 5.88. The zero-order valence-electron chi connectivity index (χ0n) is 17.7. The van der Waals surface area contributed by atoms with Crippen LogP contribution in [-0.4, -0.2) is 28.8 Å². The summed E-state index contributed by atoms with van der Waals surface area (Å²) in [5.41, 5.74) is 4.28. The van der Waals surface area contributed by atoms with E-state index in [0.717, 1.165) is 22.3 Å². The molecule has 0 aliphatic rings. The Kier molecular flexibility index (Phi) is 7.80. The normalized spacial score (nSPS) is 11.9. The molecule has 0 bridgehead atoms. The van der Waals surface area contributed by atoms with Crippen LogP contribution in [0.1, 0.15) is 49.4 Å². The topological polar surface area (TPSA) is 49.4 Å². The predicted octanol–water partition coefficient (Wildman–Crippen LogP) is 4.18. The molecule has 1 atom stereocenters. The summed E-state index contributed by atoms with van der Waals surface area (Å²) in [5, 5.41) is 2.97. The summed E-state index contributed by atoms with van der Waals surface area (Å²) in [6, 6.07) is 15.5. The number of rotatable bonds is 8. The van der Waals surface area contributed by atoms with Gasteiger partial charge in [0.2, 0.25) is 11.8 Å². The minimum absolute atomic E-state index is 0.0247. The van der Waals surface area contributed by atoms with E-state index >= 15 is 0 Å². The van der Waals surface area contributed by atoms with Crippen LogP contribution < -0.4 is 5.32 Å². The standard InChI is InChI=1S/C24H32N2O2/c1-6-22(24(28)25-17(2)3)26(16-21-14-10-8-12-19(21)5)23(27)15-20-13-9-7-11-18(20)4/h7-14,17,22H,6,15-16H2,1-5H3,(H,25,28). The minimum atomic E-state index is -0.487. The summed E-state index contributed by atoms with van der Waals surface area (Å²) in [4.78, 5) is 27.9. The molecule has 4 nitrogen and oxygen atoms in total. The van der Waals surface area contributed by atoms with Crippen molar-refractivity contribution in [2.45, 2.75) is 66.1 Å². The Balaban J connectivity index is 2.33. The SMILES string of the molecule is CCC(C(=O)NC(C)C)N(Cc1ccccc1C)C(=O)Cc1ccccc1C. The number of aryl methyl sites for hydroxylation is 2. The molecule has 0 heterocycles. The number of nitrogens with one attached hydrogen (secondary N) is 1. The summed E-state index contributed by atoms with van der Waals surface area (Å²) in [7, 11) is 0. The van der Waals surface area contributed by atoms with Gasteiger partial charge in [0.05, 0.1) is 6.42 Å². The second-order valence-corrected chi connectivity index (χ2v) is 7.64. The van der Waals surface area contributed by atoms with Crippen LogP contribution in [0, 0.1) is 13.8 Å². The minimum Gasteiger partial charge on any atom is -0.352 e. The fraction of sp³-hybridized carbons (Fsp3) is 0.417. The Morgan fingerprint density at radius 2 is 1.46 bits per heavy atom. The first-order chi connectivity index (χ1) is 13.3. The molecule has 0 saturated carbocycles. The summed E-state index contributed by atoms with van der Waals surface area (Å²) in [5.74, 6) is -0.118. The van der Waals surface area contributed by atoms with Gasteiger partial charge in [-0.25, -0.2) is 0 Å². The van der Waals surface area contributed by atoms with Gasteiger partial charge in [-0.15, -0.1) is 0 Å². The highest BCUT2D eigenvalue weighted by Crippen LogP contribution is 2.18. The zero-order chi connectivity index (χ0) is 20.7. The van der Waals surface area contributed by atoms with Gasteiger partial charge in [0.1, 0.15) is 6.04 Å². The first-order valence-corrected chi connectivity index (χ1v) is 10.0. The van der Waals surface area contributed by atoms with E-state index in [0.29, 0.717) is 19.4 Å². The van der Waals surface area contributed by atoms with Crippen LogP contribution in [0.25, 0.3) is 0 Å². The molecule has 28 heavy (non-hydrogen) atoms. The highest BCUT2D eigenvalue weighted by Gasteiger charge is 2.29. The number of hydrogen-bond acceptors (Lipinski definition) is 2. The largest absolute Gasteiger partial charge is 0.352 e. The van der Waals surface area contributed by atoms with Crippen LogP contribution in [-0.2, 0) is 22.6 Å². The van der Waals surface area contributed by atoms with E-state index in [4.69, 9.17) is 0 Å². The average molecular weight is 381 g/mol. The van der Waals surface area contributed by atoms with Crippen molar-refractivity contribution in [3.05, 3.63) is 70.8 Å². The van der Waals surface area contributed by atoms with Crippen LogP contribution in [0.4, 0.5) is 0 Å². The number of amides is 2. The van der Waals surface area contributed by atoms with Crippen LogP contribution in [0.2, 0.25) is 0 Å². The fourth-order valence-corrected chi connectivity index (χ4v) is 3.34. The smallest absolute Gasteiger partial charge is 0.243 e. The monoisotopic (exact) mass is 380 g/mol. The van der Waals surface area contributed by atoms with E-state index < -0.39 is 6.04 Å². The maximum absolute atomic E-state index is 13.3. The van der Waals surface area contributed by atoms with Gasteiger partial charge >= 0.3 is 0 Å².